The first-order valence-corrected chi connectivity index (χ1v) is 8.59. The van der Waals surface area contributed by atoms with Crippen LogP contribution >= 0.6 is 12.2 Å². The average molecular weight is 413 g/mol. The molecule has 0 radical (unpaired) electrons. The van der Waals surface area contributed by atoms with Crippen molar-refractivity contribution in [1.82, 2.24) is 10.9 Å². The van der Waals surface area contributed by atoms with Crippen LogP contribution in [0.5, 0.6) is 11.5 Å². The summed E-state index contributed by atoms with van der Waals surface area (Å²) in [4.78, 5) is 11.7. The van der Waals surface area contributed by atoms with E-state index in [9.17, 15) is 23.1 Å². The number of phenolic OH excluding ortho intramolecular Hbond substituents is 1. The second-order valence-corrected chi connectivity index (χ2v) is 5.91. The number of phenols is 1. The number of alkyl halides is 3. The van der Waals surface area contributed by atoms with Crippen molar-refractivity contribution >= 4 is 28.8 Å². The zero-order chi connectivity index (χ0) is 20.7. The van der Waals surface area contributed by atoms with Gasteiger partial charge in [0, 0.05) is 12.1 Å². The van der Waals surface area contributed by atoms with Gasteiger partial charge in [0.05, 0.1) is 17.9 Å². The summed E-state index contributed by atoms with van der Waals surface area (Å²) in [6, 6.07) is 9.50. The molecule has 6 nitrogen and oxygen atoms in total. The number of hydrogen-bond acceptors (Lipinski definition) is 5. The number of carbonyl (C=O) groups is 1. The lowest BCUT2D eigenvalue weighted by molar-refractivity contribution is -0.136. The quantitative estimate of drug-likeness (QED) is 0.430. The summed E-state index contributed by atoms with van der Waals surface area (Å²) in [6.07, 6.45) is -4.61. The van der Waals surface area contributed by atoms with E-state index in [1.165, 1.54) is 12.1 Å². The molecule has 0 aliphatic heterocycles. The minimum atomic E-state index is -4.61. The average Bonchev–Trinajstić information content (AvgIpc) is 2.64. The number of hydrogen-bond donors (Lipinski definition) is 4. The Hall–Kier alpha value is -2.85. The van der Waals surface area contributed by atoms with Crippen LogP contribution in [-0.2, 0) is 17.5 Å². The molecule has 0 atom stereocenters. The standard InChI is InChI=1S/C18H18F3N3O3S/c1-2-27-14-9-5-6-11(15(14)25)10-22-24-17(28)16(26)23-13-8-4-3-7-12(13)18(19,20)21/h3-9,22,25H,2,10H2,1H3,(H,23,26)(H,24,28). The van der Waals surface area contributed by atoms with Crippen LogP contribution in [0.1, 0.15) is 18.1 Å². The van der Waals surface area contributed by atoms with Gasteiger partial charge in [0.1, 0.15) is 0 Å². The smallest absolute Gasteiger partial charge is 0.418 e. The van der Waals surface area contributed by atoms with E-state index in [2.05, 4.69) is 16.2 Å². The highest BCUT2D eigenvalue weighted by atomic mass is 32.1. The lowest BCUT2D eigenvalue weighted by atomic mass is 10.1. The Kier molecular flexibility index (Phi) is 7.18. The fourth-order valence-corrected chi connectivity index (χ4v) is 2.40. The molecule has 0 aliphatic rings. The fraction of sp³-hybridized carbons (Fsp3) is 0.222. The number of thiocarbonyl (C=S) groups is 1. The summed E-state index contributed by atoms with van der Waals surface area (Å²) in [5, 5.41) is 12.2. The molecular weight excluding hydrogens is 395 g/mol. The second-order valence-electron chi connectivity index (χ2n) is 5.50. The van der Waals surface area contributed by atoms with Crippen molar-refractivity contribution in [3.05, 3.63) is 53.6 Å². The molecule has 2 aromatic rings. The van der Waals surface area contributed by atoms with Crippen molar-refractivity contribution in [2.75, 3.05) is 11.9 Å². The summed E-state index contributed by atoms with van der Waals surface area (Å²) < 4.78 is 44.2. The molecule has 0 saturated carbocycles. The predicted molar refractivity (Wildman–Crippen MR) is 102 cm³/mol. The molecule has 0 bridgehead atoms. The maximum atomic E-state index is 13.0. The van der Waals surface area contributed by atoms with E-state index in [4.69, 9.17) is 17.0 Å². The lowest BCUT2D eigenvalue weighted by Gasteiger charge is -2.15. The summed E-state index contributed by atoms with van der Waals surface area (Å²) in [5.74, 6) is -0.662. The van der Waals surface area contributed by atoms with Gasteiger partial charge < -0.3 is 20.6 Å². The van der Waals surface area contributed by atoms with E-state index in [-0.39, 0.29) is 17.3 Å². The van der Waals surface area contributed by atoms with Gasteiger partial charge in [-0.25, -0.2) is 5.43 Å². The molecule has 2 aromatic carbocycles. The summed E-state index contributed by atoms with van der Waals surface area (Å²) >= 11 is 4.87. The van der Waals surface area contributed by atoms with Crippen LogP contribution in [0.2, 0.25) is 0 Å². The Morgan fingerprint density at radius 1 is 1.18 bits per heavy atom. The number of rotatable bonds is 6. The Bertz CT molecular complexity index is 859. The van der Waals surface area contributed by atoms with Gasteiger partial charge in [-0.15, -0.1) is 0 Å². The Morgan fingerprint density at radius 2 is 1.89 bits per heavy atom. The van der Waals surface area contributed by atoms with E-state index < -0.39 is 23.3 Å². The number of carbonyl (C=O) groups excluding carboxylic acids is 1. The second kappa shape index (κ2) is 9.38. The van der Waals surface area contributed by atoms with Crippen LogP contribution in [0, 0.1) is 0 Å². The zero-order valence-corrected chi connectivity index (χ0v) is 15.6. The molecule has 0 fully saturated rings. The molecule has 4 N–H and O–H groups in total. The fourth-order valence-electron chi connectivity index (χ4n) is 2.28. The molecule has 0 heterocycles. The number of nitrogens with one attached hydrogen (secondary N) is 3. The van der Waals surface area contributed by atoms with Crippen LogP contribution in [0.25, 0.3) is 0 Å². The molecule has 0 spiro atoms. The normalized spacial score (nSPS) is 11.0. The molecule has 150 valence electrons. The Balaban J connectivity index is 1.94. The largest absolute Gasteiger partial charge is 0.504 e. The Labute approximate surface area is 164 Å². The van der Waals surface area contributed by atoms with Crippen molar-refractivity contribution in [2.24, 2.45) is 0 Å². The van der Waals surface area contributed by atoms with Crippen LogP contribution in [0.3, 0.4) is 0 Å². The van der Waals surface area contributed by atoms with E-state index in [0.717, 1.165) is 12.1 Å². The molecule has 0 unspecified atom stereocenters. The number of benzene rings is 2. The molecular formula is C18H18F3N3O3S. The third-order valence-electron chi connectivity index (χ3n) is 3.55. The number of anilines is 1. The number of aromatic hydroxyl groups is 1. The van der Waals surface area contributed by atoms with Crippen molar-refractivity contribution in [1.29, 1.82) is 0 Å². The molecule has 10 heteroatoms. The maximum Gasteiger partial charge on any atom is 0.418 e. The maximum absolute atomic E-state index is 13.0. The van der Waals surface area contributed by atoms with Crippen molar-refractivity contribution < 1.29 is 27.8 Å². The first kappa shape index (κ1) is 21.5. The first-order valence-electron chi connectivity index (χ1n) is 8.18. The van der Waals surface area contributed by atoms with Crippen LogP contribution in [-0.4, -0.2) is 22.6 Å². The highest BCUT2D eigenvalue weighted by Crippen LogP contribution is 2.34. The van der Waals surface area contributed by atoms with Crippen LogP contribution in [0.4, 0.5) is 18.9 Å². The third kappa shape index (κ3) is 5.57. The van der Waals surface area contributed by atoms with Gasteiger partial charge in [-0.3, -0.25) is 4.79 Å². The van der Waals surface area contributed by atoms with Gasteiger partial charge in [-0.05, 0) is 25.1 Å². The topological polar surface area (TPSA) is 82.6 Å². The van der Waals surface area contributed by atoms with Gasteiger partial charge >= 0.3 is 6.18 Å². The highest BCUT2D eigenvalue weighted by molar-refractivity contribution is 7.82. The summed E-state index contributed by atoms with van der Waals surface area (Å²) in [5.41, 5.74) is 4.16. The van der Waals surface area contributed by atoms with Crippen molar-refractivity contribution in [3.63, 3.8) is 0 Å². The van der Waals surface area contributed by atoms with Crippen molar-refractivity contribution in [2.45, 2.75) is 19.6 Å². The number of ether oxygens (including phenoxy) is 1. The number of hydrazine groups is 1. The van der Waals surface area contributed by atoms with E-state index in [1.54, 1.807) is 25.1 Å². The van der Waals surface area contributed by atoms with E-state index in [0.29, 0.717) is 17.9 Å². The van der Waals surface area contributed by atoms with E-state index in [1.807, 2.05) is 0 Å². The molecule has 0 aromatic heterocycles. The lowest BCUT2D eigenvalue weighted by Crippen LogP contribution is -2.42. The van der Waals surface area contributed by atoms with Gasteiger partial charge in [-0.2, -0.15) is 13.2 Å². The highest BCUT2D eigenvalue weighted by Gasteiger charge is 2.33. The van der Waals surface area contributed by atoms with Gasteiger partial charge in [0.25, 0.3) is 5.91 Å². The third-order valence-corrected chi connectivity index (χ3v) is 3.84. The predicted octanol–water partition coefficient (Wildman–Crippen LogP) is 3.37. The number of para-hydroxylation sites is 2. The molecule has 1 amide bonds. The summed E-state index contributed by atoms with van der Waals surface area (Å²) in [7, 11) is 0. The van der Waals surface area contributed by atoms with Gasteiger partial charge in [0.2, 0.25) is 0 Å². The SMILES string of the molecule is CCOc1cccc(CNNC(=S)C(=O)Nc2ccccc2C(F)(F)F)c1O. The minimum absolute atomic E-state index is 0.0619. The first-order chi connectivity index (χ1) is 13.2. The molecule has 28 heavy (non-hydrogen) atoms. The van der Waals surface area contributed by atoms with Gasteiger partial charge in [-0.1, -0.05) is 36.5 Å². The Morgan fingerprint density at radius 3 is 2.57 bits per heavy atom. The van der Waals surface area contributed by atoms with Crippen molar-refractivity contribution in [3.8, 4) is 11.5 Å². The monoisotopic (exact) mass is 413 g/mol. The molecule has 2 rings (SSSR count). The summed E-state index contributed by atoms with van der Waals surface area (Å²) in [6.45, 7) is 2.24. The number of amides is 1. The molecule has 0 saturated heterocycles. The number of halogens is 3. The zero-order valence-electron chi connectivity index (χ0n) is 14.8. The molecule has 0 aliphatic carbocycles. The van der Waals surface area contributed by atoms with Crippen LogP contribution in [0.15, 0.2) is 42.5 Å². The minimum Gasteiger partial charge on any atom is -0.504 e. The van der Waals surface area contributed by atoms with Crippen LogP contribution < -0.4 is 20.9 Å². The van der Waals surface area contributed by atoms with E-state index >= 15 is 0 Å². The van der Waals surface area contributed by atoms with Gasteiger partial charge in [0.15, 0.2) is 16.5 Å².